The molecule has 2 heteroatoms. The molecule has 0 radical (unpaired) electrons. The zero-order valence-electron chi connectivity index (χ0n) is 9.71. The zero-order valence-corrected chi connectivity index (χ0v) is 9.71. The van der Waals surface area contributed by atoms with E-state index in [0.717, 1.165) is 13.1 Å². The third-order valence-corrected chi connectivity index (χ3v) is 2.88. The minimum atomic E-state index is 1.10. The molecule has 0 bridgehead atoms. The third kappa shape index (κ3) is 2.72. The molecule has 1 fully saturated rings. The number of rotatable bonds is 1. The van der Waals surface area contributed by atoms with Crippen molar-refractivity contribution in [2.45, 2.75) is 33.1 Å². The topological polar surface area (TPSA) is 15.3 Å². The van der Waals surface area contributed by atoms with E-state index in [4.69, 9.17) is 0 Å². The Labute approximate surface area is 92.3 Å². The van der Waals surface area contributed by atoms with Gasteiger partial charge in [-0.05, 0) is 49.9 Å². The van der Waals surface area contributed by atoms with Crippen LogP contribution in [0.2, 0.25) is 0 Å². The maximum atomic E-state index is 3.49. The molecule has 2 nitrogen and oxygen atoms in total. The van der Waals surface area contributed by atoms with E-state index in [2.05, 4.69) is 42.5 Å². The van der Waals surface area contributed by atoms with Gasteiger partial charge in [0, 0.05) is 13.1 Å². The number of nitrogens with one attached hydrogen (secondary N) is 1. The lowest BCUT2D eigenvalue weighted by atomic mass is 10.1. The molecule has 1 N–H and O–H groups in total. The molecule has 0 atom stereocenters. The van der Waals surface area contributed by atoms with Crippen LogP contribution in [0.1, 0.15) is 30.4 Å². The molecular weight excluding hydrogens is 184 g/mol. The highest BCUT2D eigenvalue weighted by atomic mass is 15.5. The first kappa shape index (κ1) is 10.5. The SMILES string of the molecule is Cc1cc(C)cc(N2CCCCCN2)c1. The Morgan fingerprint density at radius 1 is 1.00 bits per heavy atom. The molecule has 2 rings (SSSR count). The molecular formula is C13H20N2. The number of aryl methyl sites for hydroxylation is 2. The van der Waals surface area contributed by atoms with Crippen LogP contribution in [0.4, 0.5) is 5.69 Å². The van der Waals surface area contributed by atoms with Crippen molar-refractivity contribution in [3.8, 4) is 0 Å². The second kappa shape index (κ2) is 4.67. The molecule has 1 aliphatic rings. The van der Waals surface area contributed by atoms with Crippen molar-refractivity contribution >= 4 is 5.69 Å². The predicted molar refractivity (Wildman–Crippen MR) is 65.1 cm³/mol. The van der Waals surface area contributed by atoms with Gasteiger partial charge in [-0.25, -0.2) is 5.43 Å². The molecule has 0 aromatic heterocycles. The summed E-state index contributed by atoms with van der Waals surface area (Å²) < 4.78 is 0. The summed E-state index contributed by atoms with van der Waals surface area (Å²) in [5.41, 5.74) is 7.49. The van der Waals surface area contributed by atoms with Crippen molar-refractivity contribution in [1.29, 1.82) is 0 Å². The van der Waals surface area contributed by atoms with E-state index in [1.165, 1.54) is 36.1 Å². The minimum absolute atomic E-state index is 1.10. The summed E-state index contributed by atoms with van der Waals surface area (Å²) in [7, 11) is 0. The van der Waals surface area contributed by atoms with E-state index in [-0.39, 0.29) is 0 Å². The van der Waals surface area contributed by atoms with Crippen LogP contribution < -0.4 is 10.4 Å². The maximum absolute atomic E-state index is 3.49. The lowest BCUT2D eigenvalue weighted by Crippen LogP contribution is -2.37. The quantitative estimate of drug-likeness (QED) is 0.756. The predicted octanol–water partition coefficient (Wildman–Crippen LogP) is 2.80. The van der Waals surface area contributed by atoms with Gasteiger partial charge in [0.2, 0.25) is 0 Å². The van der Waals surface area contributed by atoms with Crippen molar-refractivity contribution in [3.63, 3.8) is 0 Å². The summed E-state index contributed by atoms with van der Waals surface area (Å²) in [5.74, 6) is 0. The normalized spacial score (nSPS) is 17.6. The number of nitrogens with zero attached hydrogens (tertiary/aromatic N) is 1. The van der Waals surface area contributed by atoms with Crippen LogP contribution in [0.15, 0.2) is 18.2 Å². The zero-order chi connectivity index (χ0) is 10.7. The maximum Gasteiger partial charge on any atom is 0.0524 e. The molecule has 1 aliphatic heterocycles. The Hall–Kier alpha value is -1.02. The number of anilines is 1. The Morgan fingerprint density at radius 3 is 2.47 bits per heavy atom. The van der Waals surface area contributed by atoms with E-state index in [0.29, 0.717) is 0 Å². The highest BCUT2D eigenvalue weighted by molar-refractivity contribution is 5.50. The van der Waals surface area contributed by atoms with Gasteiger partial charge in [0.15, 0.2) is 0 Å². The summed E-state index contributed by atoms with van der Waals surface area (Å²) >= 11 is 0. The van der Waals surface area contributed by atoms with Crippen molar-refractivity contribution in [3.05, 3.63) is 29.3 Å². The summed E-state index contributed by atoms with van der Waals surface area (Å²) in [6, 6.07) is 6.73. The van der Waals surface area contributed by atoms with Crippen LogP contribution in [0.3, 0.4) is 0 Å². The number of hydrogen-bond acceptors (Lipinski definition) is 2. The molecule has 0 amide bonds. The van der Waals surface area contributed by atoms with Crippen molar-refractivity contribution < 1.29 is 0 Å². The number of benzene rings is 1. The van der Waals surface area contributed by atoms with Crippen LogP contribution in [0.25, 0.3) is 0 Å². The summed E-state index contributed by atoms with van der Waals surface area (Å²) in [4.78, 5) is 0. The van der Waals surface area contributed by atoms with Gasteiger partial charge in [-0.3, -0.25) is 0 Å². The molecule has 0 saturated carbocycles. The first-order valence-electron chi connectivity index (χ1n) is 5.85. The van der Waals surface area contributed by atoms with Gasteiger partial charge in [0.25, 0.3) is 0 Å². The standard InChI is InChI=1S/C13H20N2/c1-11-8-12(2)10-13(9-11)15-7-5-3-4-6-14-15/h8-10,14H,3-7H2,1-2H3. The Bertz CT molecular complexity index is 305. The fraction of sp³-hybridized carbons (Fsp3) is 0.538. The molecule has 82 valence electrons. The van der Waals surface area contributed by atoms with Gasteiger partial charge < -0.3 is 5.01 Å². The van der Waals surface area contributed by atoms with Gasteiger partial charge in [-0.15, -0.1) is 0 Å². The first-order valence-corrected chi connectivity index (χ1v) is 5.85. The third-order valence-electron chi connectivity index (χ3n) is 2.88. The summed E-state index contributed by atoms with van der Waals surface area (Å²) in [6.07, 6.45) is 3.93. The van der Waals surface area contributed by atoms with Gasteiger partial charge in [0.1, 0.15) is 0 Å². The average Bonchev–Trinajstić information content (AvgIpc) is 2.43. The first-order chi connectivity index (χ1) is 7.25. The molecule has 1 heterocycles. The molecule has 0 aliphatic carbocycles. The van der Waals surface area contributed by atoms with Gasteiger partial charge in [-0.2, -0.15) is 0 Å². The van der Waals surface area contributed by atoms with Crippen LogP contribution >= 0.6 is 0 Å². The van der Waals surface area contributed by atoms with Crippen molar-refractivity contribution in [2.24, 2.45) is 0 Å². The number of hydrogen-bond donors (Lipinski definition) is 1. The van der Waals surface area contributed by atoms with Crippen molar-refractivity contribution in [2.75, 3.05) is 18.1 Å². The van der Waals surface area contributed by atoms with E-state index in [1.54, 1.807) is 0 Å². The second-order valence-corrected chi connectivity index (χ2v) is 4.47. The molecule has 0 spiro atoms. The monoisotopic (exact) mass is 204 g/mol. The summed E-state index contributed by atoms with van der Waals surface area (Å²) in [5, 5.41) is 2.30. The largest absolute Gasteiger partial charge is 0.308 e. The fourth-order valence-electron chi connectivity index (χ4n) is 2.19. The second-order valence-electron chi connectivity index (χ2n) is 4.47. The molecule has 0 unspecified atom stereocenters. The van der Waals surface area contributed by atoms with Gasteiger partial charge >= 0.3 is 0 Å². The number of hydrazine groups is 1. The van der Waals surface area contributed by atoms with E-state index in [1.807, 2.05) is 0 Å². The summed E-state index contributed by atoms with van der Waals surface area (Å²) in [6.45, 7) is 6.55. The molecule has 1 aromatic carbocycles. The van der Waals surface area contributed by atoms with Crippen LogP contribution in [0, 0.1) is 13.8 Å². The highest BCUT2D eigenvalue weighted by Crippen LogP contribution is 2.19. The highest BCUT2D eigenvalue weighted by Gasteiger charge is 2.09. The molecule has 1 saturated heterocycles. The fourth-order valence-corrected chi connectivity index (χ4v) is 2.19. The van der Waals surface area contributed by atoms with Gasteiger partial charge in [-0.1, -0.05) is 12.5 Å². The van der Waals surface area contributed by atoms with E-state index < -0.39 is 0 Å². The van der Waals surface area contributed by atoms with Crippen molar-refractivity contribution in [1.82, 2.24) is 5.43 Å². The molecule has 1 aromatic rings. The Morgan fingerprint density at radius 2 is 1.73 bits per heavy atom. The smallest absolute Gasteiger partial charge is 0.0524 e. The van der Waals surface area contributed by atoms with Crippen LogP contribution in [0.5, 0.6) is 0 Å². The van der Waals surface area contributed by atoms with Crippen LogP contribution in [-0.4, -0.2) is 13.1 Å². The van der Waals surface area contributed by atoms with E-state index >= 15 is 0 Å². The lowest BCUT2D eigenvalue weighted by molar-refractivity contribution is 0.660. The Kier molecular flexibility index (Phi) is 3.27. The molecule has 15 heavy (non-hydrogen) atoms. The Balaban J connectivity index is 2.19. The lowest BCUT2D eigenvalue weighted by Gasteiger charge is -2.24. The minimum Gasteiger partial charge on any atom is -0.308 e. The van der Waals surface area contributed by atoms with Crippen LogP contribution in [-0.2, 0) is 0 Å². The average molecular weight is 204 g/mol. The van der Waals surface area contributed by atoms with E-state index in [9.17, 15) is 0 Å². The van der Waals surface area contributed by atoms with Gasteiger partial charge in [0.05, 0.1) is 5.69 Å².